The van der Waals surface area contributed by atoms with Crippen LogP contribution in [0.1, 0.15) is 70.5 Å². The Kier molecular flexibility index (Phi) is 6.79. The number of benzene rings is 2. The van der Waals surface area contributed by atoms with Gasteiger partial charge >= 0.3 is 6.18 Å². The minimum Gasteiger partial charge on any atom is -0.345 e. The Labute approximate surface area is 234 Å². The standard InChI is InChI=1S/C31H29F4N5O/c1-18-13-21(6-9-26(18)32)27(20-4-5-20)38-29(41)23-15-19(17-39-11-12-40(30(39)36)24-7-8-24)14-22(16-23)25-3-2-10-37-28(25)31(33,34)35/h2-3,6,9-16,20,24,27,36H,4-5,7-8,17H2,1H3,(H,38,41). The van der Waals surface area contributed by atoms with Crippen molar-refractivity contribution in [1.82, 2.24) is 19.4 Å². The summed E-state index contributed by atoms with van der Waals surface area (Å²) in [5.74, 6) is -0.563. The van der Waals surface area contributed by atoms with Gasteiger partial charge in [0.25, 0.3) is 5.91 Å². The van der Waals surface area contributed by atoms with Gasteiger partial charge in [-0.2, -0.15) is 13.2 Å². The Hall–Kier alpha value is -4.21. The van der Waals surface area contributed by atoms with Crippen molar-refractivity contribution >= 4 is 5.91 Å². The van der Waals surface area contributed by atoms with Gasteiger partial charge in [-0.1, -0.05) is 18.2 Å². The molecule has 4 aromatic rings. The molecule has 6 rings (SSSR count). The zero-order valence-corrected chi connectivity index (χ0v) is 22.4. The second kappa shape index (κ2) is 10.3. The highest BCUT2D eigenvalue weighted by molar-refractivity contribution is 5.96. The average Bonchev–Trinajstić information content (AvgIpc) is 3.88. The molecule has 6 nitrogen and oxygen atoms in total. The fraction of sp³-hybridized carbons (Fsp3) is 0.323. The highest BCUT2D eigenvalue weighted by Crippen LogP contribution is 2.42. The summed E-state index contributed by atoms with van der Waals surface area (Å²) in [6.07, 6.45) is 3.88. The second-order valence-electron chi connectivity index (χ2n) is 11.0. The largest absolute Gasteiger partial charge is 0.433 e. The number of aromatic nitrogens is 3. The van der Waals surface area contributed by atoms with E-state index in [1.165, 1.54) is 24.3 Å². The van der Waals surface area contributed by atoms with Crippen LogP contribution in [0.5, 0.6) is 0 Å². The first-order chi connectivity index (χ1) is 19.6. The lowest BCUT2D eigenvalue weighted by Gasteiger charge is -2.20. The van der Waals surface area contributed by atoms with Crippen LogP contribution in [-0.2, 0) is 12.7 Å². The SMILES string of the molecule is Cc1cc(C(NC(=O)c2cc(Cn3ccn(C4CC4)c3=N)cc(-c3cccnc3C(F)(F)F)c2)C2CC2)ccc1F. The zero-order chi connectivity index (χ0) is 28.9. The Morgan fingerprint density at radius 2 is 1.88 bits per heavy atom. The maximum absolute atomic E-state index is 13.9. The molecule has 212 valence electrons. The molecule has 2 fully saturated rings. The van der Waals surface area contributed by atoms with Gasteiger partial charge in [-0.15, -0.1) is 0 Å². The molecule has 2 aromatic carbocycles. The summed E-state index contributed by atoms with van der Waals surface area (Å²) >= 11 is 0. The predicted octanol–water partition coefficient (Wildman–Crippen LogP) is 6.56. The van der Waals surface area contributed by atoms with Crippen LogP contribution < -0.4 is 10.9 Å². The molecule has 2 aliphatic rings. The number of nitrogens with one attached hydrogen (secondary N) is 2. The third-order valence-corrected chi connectivity index (χ3v) is 7.78. The minimum atomic E-state index is -4.68. The fourth-order valence-corrected chi connectivity index (χ4v) is 5.34. The predicted molar refractivity (Wildman–Crippen MR) is 144 cm³/mol. The van der Waals surface area contributed by atoms with Crippen molar-refractivity contribution in [2.75, 3.05) is 0 Å². The third-order valence-electron chi connectivity index (χ3n) is 7.78. The summed E-state index contributed by atoms with van der Waals surface area (Å²) in [4.78, 5) is 17.3. The van der Waals surface area contributed by atoms with Crippen LogP contribution in [-0.4, -0.2) is 20.0 Å². The molecule has 0 saturated heterocycles. The number of pyridine rings is 1. The van der Waals surface area contributed by atoms with Crippen LogP contribution >= 0.6 is 0 Å². The van der Waals surface area contributed by atoms with E-state index in [0.29, 0.717) is 22.8 Å². The summed E-state index contributed by atoms with van der Waals surface area (Å²) in [5.41, 5.74) is 1.39. The average molecular weight is 564 g/mol. The molecule has 41 heavy (non-hydrogen) atoms. The number of hydrogen-bond acceptors (Lipinski definition) is 3. The van der Waals surface area contributed by atoms with Gasteiger partial charge in [0.15, 0.2) is 5.69 Å². The molecule has 2 aromatic heterocycles. The molecule has 2 N–H and O–H groups in total. The van der Waals surface area contributed by atoms with Gasteiger partial charge in [0, 0.05) is 35.8 Å². The number of carbonyl (C=O) groups is 1. The maximum Gasteiger partial charge on any atom is 0.433 e. The number of nitrogens with zero attached hydrogens (tertiary/aromatic N) is 3. The molecular formula is C31H29F4N5O. The van der Waals surface area contributed by atoms with E-state index in [1.54, 1.807) is 42.0 Å². The number of carbonyl (C=O) groups excluding carboxylic acids is 1. The number of halogens is 4. The van der Waals surface area contributed by atoms with E-state index >= 15 is 0 Å². The highest BCUT2D eigenvalue weighted by Gasteiger charge is 2.36. The summed E-state index contributed by atoms with van der Waals surface area (Å²) in [6, 6.07) is 12.2. The normalized spacial score (nSPS) is 16.0. The van der Waals surface area contributed by atoms with Crippen molar-refractivity contribution in [3.05, 3.63) is 107 Å². The monoisotopic (exact) mass is 563 g/mol. The number of aryl methyl sites for hydroxylation is 1. The number of alkyl halides is 3. The molecule has 0 aliphatic heterocycles. The lowest BCUT2D eigenvalue weighted by atomic mass is 9.96. The first kappa shape index (κ1) is 27.0. The molecule has 0 bridgehead atoms. The Balaban J connectivity index is 1.39. The molecule has 2 saturated carbocycles. The number of hydrogen-bond donors (Lipinski definition) is 2. The van der Waals surface area contributed by atoms with Gasteiger partial charge in [-0.25, -0.2) is 4.39 Å². The van der Waals surface area contributed by atoms with Gasteiger partial charge < -0.3 is 14.5 Å². The molecule has 0 radical (unpaired) electrons. The summed E-state index contributed by atoms with van der Waals surface area (Å²) in [6.45, 7) is 1.87. The molecule has 10 heteroatoms. The van der Waals surface area contributed by atoms with Gasteiger partial charge in [0.1, 0.15) is 5.82 Å². The van der Waals surface area contributed by atoms with E-state index in [9.17, 15) is 22.4 Å². The van der Waals surface area contributed by atoms with E-state index in [-0.39, 0.29) is 41.0 Å². The van der Waals surface area contributed by atoms with Crippen molar-refractivity contribution in [3.8, 4) is 11.1 Å². The zero-order valence-electron chi connectivity index (χ0n) is 22.4. The number of amides is 1. The van der Waals surface area contributed by atoms with Crippen LogP contribution in [0.25, 0.3) is 11.1 Å². The molecule has 1 atom stereocenters. The highest BCUT2D eigenvalue weighted by atomic mass is 19.4. The molecule has 0 spiro atoms. The summed E-state index contributed by atoms with van der Waals surface area (Å²) < 4.78 is 59.2. The van der Waals surface area contributed by atoms with Crippen LogP contribution in [0.15, 0.2) is 67.1 Å². The van der Waals surface area contributed by atoms with Crippen LogP contribution in [0.2, 0.25) is 0 Å². The summed E-state index contributed by atoms with van der Waals surface area (Å²) in [5, 5.41) is 11.6. The van der Waals surface area contributed by atoms with Gasteiger partial charge in [-0.3, -0.25) is 15.2 Å². The molecule has 1 unspecified atom stereocenters. The Bertz CT molecular complexity index is 1680. The number of rotatable bonds is 8. The molecule has 1 amide bonds. The van der Waals surface area contributed by atoms with E-state index < -0.39 is 17.8 Å². The Morgan fingerprint density at radius 1 is 1.10 bits per heavy atom. The lowest BCUT2D eigenvalue weighted by Crippen LogP contribution is -2.30. The van der Waals surface area contributed by atoms with Crippen LogP contribution in [0.4, 0.5) is 17.6 Å². The van der Waals surface area contributed by atoms with E-state index in [0.717, 1.165) is 37.4 Å². The minimum absolute atomic E-state index is 0.129. The summed E-state index contributed by atoms with van der Waals surface area (Å²) in [7, 11) is 0. The lowest BCUT2D eigenvalue weighted by molar-refractivity contribution is -0.140. The van der Waals surface area contributed by atoms with Crippen molar-refractivity contribution in [2.24, 2.45) is 5.92 Å². The fourth-order valence-electron chi connectivity index (χ4n) is 5.34. The quantitative estimate of drug-likeness (QED) is 0.238. The first-order valence-corrected chi connectivity index (χ1v) is 13.6. The first-order valence-electron chi connectivity index (χ1n) is 13.6. The van der Waals surface area contributed by atoms with Crippen molar-refractivity contribution in [2.45, 2.75) is 57.4 Å². The van der Waals surface area contributed by atoms with Crippen LogP contribution in [0.3, 0.4) is 0 Å². The molecule has 2 heterocycles. The molecule has 2 aliphatic carbocycles. The van der Waals surface area contributed by atoms with E-state index in [2.05, 4.69) is 10.3 Å². The Morgan fingerprint density at radius 3 is 2.56 bits per heavy atom. The smallest absolute Gasteiger partial charge is 0.345 e. The second-order valence-corrected chi connectivity index (χ2v) is 11.0. The van der Waals surface area contributed by atoms with Gasteiger partial charge in [0.2, 0.25) is 5.62 Å². The maximum atomic E-state index is 13.9. The topological polar surface area (TPSA) is 75.7 Å². The van der Waals surface area contributed by atoms with Gasteiger partial charge in [0.05, 0.1) is 12.6 Å². The van der Waals surface area contributed by atoms with E-state index in [4.69, 9.17) is 5.41 Å². The van der Waals surface area contributed by atoms with Crippen molar-refractivity contribution in [3.63, 3.8) is 0 Å². The number of imidazole rings is 1. The van der Waals surface area contributed by atoms with E-state index in [1.807, 2.05) is 10.8 Å². The van der Waals surface area contributed by atoms with Gasteiger partial charge in [-0.05, 0) is 91.1 Å². The van der Waals surface area contributed by atoms with Crippen LogP contribution in [0, 0.1) is 24.1 Å². The molecular weight excluding hydrogens is 534 g/mol. The van der Waals surface area contributed by atoms with Crippen molar-refractivity contribution < 1.29 is 22.4 Å². The third kappa shape index (κ3) is 5.68. The van der Waals surface area contributed by atoms with Crippen molar-refractivity contribution in [1.29, 1.82) is 5.41 Å².